The summed E-state index contributed by atoms with van der Waals surface area (Å²) in [7, 11) is 0. The molecule has 0 aromatic rings. The summed E-state index contributed by atoms with van der Waals surface area (Å²) in [5.41, 5.74) is 4.54. The molecule has 0 radical (unpaired) electrons. The fourth-order valence-corrected chi connectivity index (χ4v) is 1.23. The second-order valence-electron chi connectivity index (χ2n) is 3.94. The number of carbonyl (C=O) groups excluding carboxylic acids is 1. The molecule has 0 spiro atoms. The summed E-state index contributed by atoms with van der Waals surface area (Å²) in [5, 5.41) is 2.92. The van der Waals surface area contributed by atoms with Gasteiger partial charge in [-0.3, -0.25) is 0 Å². The summed E-state index contributed by atoms with van der Waals surface area (Å²) < 4.78 is 10.5. The Bertz CT molecular complexity index is 332. The first-order valence-electron chi connectivity index (χ1n) is 5.22. The average Bonchev–Trinajstić information content (AvgIpc) is 2.21. The van der Waals surface area contributed by atoms with Crippen LogP contribution >= 0.6 is 0 Å². The predicted molar refractivity (Wildman–Crippen MR) is 60.2 cm³/mol. The lowest BCUT2D eigenvalue weighted by Gasteiger charge is -2.27. The van der Waals surface area contributed by atoms with Crippen molar-refractivity contribution in [3.05, 3.63) is 23.7 Å². The second-order valence-corrected chi connectivity index (χ2v) is 3.94. The Balaban J connectivity index is 2.62. The van der Waals surface area contributed by atoms with Crippen molar-refractivity contribution in [2.24, 2.45) is 5.73 Å². The van der Waals surface area contributed by atoms with Gasteiger partial charge in [0.15, 0.2) is 5.60 Å². The van der Waals surface area contributed by atoms with Crippen molar-refractivity contribution in [1.29, 1.82) is 0 Å². The molecule has 0 atom stereocenters. The molecule has 0 aromatic heterocycles. The highest BCUT2D eigenvalue weighted by Crippen LogP contribution is 2.17. The van der Waals surface area contributed by atoms with Crippen LogP contribution in [-0.4, -0.2) is 24.7 Å². The van der Waals surface area contributed by atoms with E-state index in [2.05, 4.69) is 5.32 Å². The highest BCUT2D eigenvalue weighted by molar-refractivity contribution is 5.78. The Kier molecular flexibility index (Phi) is 3.82. The first-order valence-corrected chi connectivity index (χ1v) is 5.22. The van der Waals surface area contributed by atoms with Gasteiger partial charge in [0, 0.05) is 0 Å². The zero-order chi connectivity index (χ0) is 12.2. The van der Waals surface area contributed by atoms with Crippen LogP contribution in [0.2, 0.25) is 0 Å². The topological polar surface area (TPSA) is 73.6 Å². The highest BCUT2D eigenvalue weighted by Gasteiger charge is 2.32. The molecule has 0 amide bonds. The smallest absolute Gasteiger partial charge is 0.349 e. The highest BCUT2D eigenvalue weighted by atomic mass is 16.6. The van der Waals surface area contributed by atoms with Crippen molar-refractivity contribution in [3.8, 4) is 0 Å². The van der Waals surface area contributed by atoms with Gasteiger partial charge in [0.1, 0.15) is 5.76 Å². The molecule has 0 aromatic carbocycles. The van der Waals surface area contributed by atoms with E-state index in [1.165, 1.54) is 0 Å². The van der Waals surface area contributed by atoms with Gasteiger partial charge in [0.05, 0.1) is 19.0 Å². The van der Waals surface area contributed by atoms with E-state index in [0.717, 1.165) is 0 Å². The quantitative estimate of drug-likeness (QED) is 0.688. The van der Waals surface area contributed by atoms with E-state index in [1.807, 2.05) is 0 Å². The SMILES string of the molecule is CCOC(=O)C(C)(C)OC1=CC=C(N)NC1. The lowest BCUT2D eigenvalue weighted by Crippen LogP contribution is -2.38. The van der Waals surface area contributed by atoms with Crippen LogP contribution in [0.4, 0.5) is 0 Å². The zero-order valence-electron chi connectivity index (χ0n) is 9.87. The Labute approximate surface area is 95.3 Å². The third-order valence-electron chi connectivity index (χ3n) is 2.07. The van der Waals surface area contributed by atoms with E-state index in [4.69, 9.17) is 15.2 Å². The molecule has 1 heterocycles. The third-order valence-corrected chi connectivity index (χ3v) is 2.07. The van der Waals surface area contributed by atoms with Crippen molar-refractivity contribution in [2.75, 3.05) is 13.2 Å². The van der Waals surface area contributed by atoms with Crippen LogP contribution in [0.15, 0.2) is 23.7 Å². The lowest BCUT2D eigenvalue weighted by molar-refractivity contribution is -0.163. The Hall–Kier alpha value is -1.65. The average molecular weight is 226 g/mol. The minimum absolute atomic E-state index is 0.343. The standard InChI is InChI=1S/C11H18N2O3/c1-4-15-10(14)11(2,3)16-8-5-6-9(12)13-7-8/h5-6,13H,4,7,12H2,1-3H3. The molecular weight excluding hydrogens is 208 g/mol. The molecule has 5 nitrogen and oxygen atoms in total. The molecule has 5 heteroatoms. The van der Waals surface area contributed by atoms with E-state index in [1.54, 1.807) is 32.9 Å². The number of dihydropyridines is 1. The van der Waals surface area contributed by atoms with Crippen molar-refractivity contribution in [1.82, 2.24) is 5.32 Å². The van der Waals surface area contributed by atoms with Crippen molar-refractivity contribution in [2.45, 2.75) is 26.4 Å². The van der Waals surface area contributed by atoms with E-state index < -0.39 is 5.60 Å². The van der Waals surface area contributed by atoms with Gasteiger partial charge in [-0.15, -0.1) is 0 Å². The Morgan fingerprint density at radius 3 is 2.75 bits per heavy atom. The van der Waals surface area contributed by atoms with Gasteiger partial charge in [0.25, 0.3) is 0 Å². The van der Waals surface area contributed by atoms with E-state index in [-0.39, 0.29) is 5.97 Å². The molecule has 0 bridgehead atoms. The molecule has 0 saturated heterocycles. The minimum Gasteiger partial charge on any atom is -0.479 e. The zero-order valence-corrected chi connectivity index (χ0v) is 9.87. The minimum atomic E-state index is -0.983. The maximum Gasteiger partial charge on any atom is 0.349 e. The van der Waals surface area contributed by atoms with Crippen LogP contribution in [0, 0.1) is 0 Å². The van der Waals surface area contributed by atoms with Crippen molar-refractivity contribution in [3.63, 3.8) is 0 Å². The normalized spacial score (nSPS) is 15.7. The van der Waals surface area contributed by atoms with Gasteiger partial charge in [0.2, 0.25) is 0 Å². The fraction of sp³-hybridized carbons (Fsp3) is 0.545. The number of ether oxygens (including phenoxy) is 2. The maximum absolute atomic E-state index is 11.6. The Morgan fingerprint density at radius 1 is 1.56 bits per heavy atom. The molecule has 1 rings (SSSR count). The van der Waals surface area contributed by atoms with E-state index in [0.29, 0.717) is 24.7 Å². The number of esters is 1. The van der Waals surface area contributed by atoms with Gasteiger partial charge in [-0.2, -0.15) is 0 Å². The number of nitrogens with one attached hydrogen (secondary N) is 1. The molecule has 1 aliphatic heterocycles. The third kappa shape index (κ3) is 3.18. The summed E-state index contributed by atoms with van der Waals surface area (Å²) in [6.07, 6.45) is 3.44. The van der Waals surface area contributed by atoms with Crippen LogP contribution in [0.3, 0.4) is 0 Å². The summed E-state index contributed by atoms with van der Waals surface area (Å²) >= 11 is 0. The van der Waals surface area contributed by atoms with Crippen LogP contribution in [0.25, 0.3) is 0 Å². The number of rotatable bonds is 4. The second kappa shape index (κ2) is 4.92. The first kappa shape index (κ1) is 12.4. The summed E-state index contributed by atoms with van der Waals surface area (Å²) in [4.78, 5) is 11.6. The van der Waals surface area contributed by atoms with E-state index in [9.17, 15) is 4.79 Å². The molecule has 0 fully saturated rings. The molecule has 16 heavy (non-hydrogen) atoms. The van der Waals surface area contributed by atoms with Gasteiger partial charge in [-0.25, -0.2) is 4.79 Å². The fourth-order valence-electron chi connectivity index (χ4n) is 1.23. The van der Waals surface area contributed by atoms with Crippen LogP contribution < -0.4 is 11.1 Å². The molecule has 3 N–H and O–H groups in total. The summed E-state index contributed by atoms with van der Waals surface area (Å²) in [5.74, 6) is 0.868. The van der Waals surface area contributed by atoms with Gasteiger partial charge in [-0.05, 0) is 32.9 Å². The van der Waals surface area contributed by atoms with E-state index >= 15 is 0 Å². The lowest BCUT2D eigenvalue weighted by atomic mass is 10.1. The number of nitrogens with two attached hydrogens (primary N) is 1. The maximum atomic E-state index is 11.6. The van der Waals surface area contributed by atoms with Gasteiger partial charge in [-0.1, -0.05) is 0 Å². The van der Waals surface area contributed by atoms with Crippen molar-refractivity contribution >= 4 is 5.97 Å². The molecule has 0 saturated carbocycles. The van der Waals surface area contributed by atoms with Crippen LogP contribution in [0.1, 0.15) is 20.8 Å². The molecule has 0 unspecified atom stereocenters. The molecular formula is C11H18N2O3. The summed E-state index contributed by atoms with van der Waals surface area (Å²) in [6, 6.07) is 0. The monoisotopic (exact) mass is 226 g/mol. The van der Waals surface area contributed by atoms with Gasteiger partial charge >= 0.3 is 5.97 Å². The molecule has 1 aliphatic rings. The molecule has 0 aliphatic carbocycles. The number of hydrogen-bond donors (Lipinski definition) is 2. The van der Waals surface area contributed by atoms with Crippen molar-refractivity contribution < 1.29 is 14.3 Å². The predicted octanol–water partition coefficient (Wildman–Crippen LogP) is 0.632. The van der Waals surface area contributed by atoms with Gasteiger partial charge < -0.3 is 20.5 Å². The number of hydrogen-bond acceptors (Lipinski definition) is 5. The molecule has 90 valence electrons. The number of carbonyl (C=O) groups is 1. The van der Waals surface area contributed by atoms with Crippen LogP contribution in [-0.2, 0) is 14.3 Å². The number of allylic oxidation sites excluding steroid dienone is 2. The largest absolute Gasteiger partial charge is 0.479 e. The first-order chi connectivity index (χ1) is 7.45. The summed E-state index contributed by atoms with van der Waals surface area (Å²) in [6.45, 7) is 5.93. The van der Waals surface area contributed by atoms with Crippen LogP contribution in [0.5, 0.6) is 0 Å². The Morgan fingerprint density at radius 2 is 2.25 bits per heavy atom.